The second kappa shape index (κ2) is 7.34. The minimum absolute atomic E-state index is 0.0653. The third-order valence-electron chi connectivity index (χ3n) is 2.98. The van der Waals surface area contributed by atoms with Gasteiger partial charge in [-0.05, 0) is 42.8 Å². The molecule has 0 fully saturated rings. The molecule has 0 aromatic heterocycles. The van der Waals surface area contributed by atoms with Gasteiger partial charge in [0.2, 0.25) is 5.91 Å². The van der Waals surface area contributed by atoms with E-state index in [2.05, 4.69) is 10.6 Å². The number of hydrogen-bond donors (Lipinski definition) is 2. The standard InChI is InChI=1S/C16H16Cl2N2O/c1-11-5-6-13(18)10-15(11)19-8-7-16(21)20-14-4-2-3-12(17)9-14/h2-6,9-10,19H,7-8H2,1H3,(H,20,21). The molecule has 2 N–H and O–H groups in total. The molecule has 0 heterocycles. The maximum absolute atomic E-state index is 11.8. The van der Waals surface area contributed by atoms with E-state index in [9.17, 15) is 4.79 Å². The minimum atomic E-state index is -0.0653. The summed E-state index contributed by atoms with van der Waals surface area (Å²) in [5, 5.41) is 7.29. The molecule has 2 aromatic rings. The predicted molar refractivity (Wildman–Crippen MR) is 89.4 cm³/mol. The van der Waals surface area contributed by atoms with Crippen molar-refractivity contribution in [1.82, 2.24) is 0 Å². The largest absolute Gasteiger partial charge is 0.384 e. The molecule has 2 rings (SSSR count). The van der Waals surface area contributed by atoms with Crippen LogP contribution in [0.25, 0.3) is 0 Å². The summed E-state index contributed by atoms with van der Waals surface area (Å²) in [5.41, 5.74) is 2.74. The molecule has 0 saturated carbocycles. The highest BCUT2D eigenvalue weighted by molar-refractivity contribution is 6.31. The van der Waals surface area contributed by atoms with Crippen molar-refractivity contribution in [3.05, 3.63) is 58.1 Å². The van der Waals surface area contributed by atoms with E-state index in [0.717, 1.165) is 11.3 Å². The molecule has 0 aliphatic carbocycles. The first-order valence-corrected chi connectivity index (χ1v) is 7.35. The molecule has 0 saturated heterocycles. The number of amides is 1. The number of hydrogen-bond acceptors (Lipinski definition) is 2. The zero-order valence-corrected chi connectivity index (χ0v) is 13.1. The topological polar surface area (TPSA) is 41.1 Å². The fraction of sp³-hybridized carbons (Fsp3) is 0.188. The normalized spacial score (nSPS) is 10.2. The summed E-state index contributed by atoms with van der Waals surface area (Å²) < 4.78 is 0. The Morgan fingerprint density at radius 1 is 1.10 bits per heavy atom. The van der Waals surface area contributed by atoms with Gasteiger partial charge in [-0.3, -0.25) is 4.79 Å². The molecule has 1 amide bonds. The third-order valence-corrected chi connectivity index (χ3v) is 3.45. The highest BCUT2D eigenvalue weighted by Crippen LogP contribution is 2.20. The Kier molecular flexibility index (Phi) is 5.48. The number of aryl methyl sites for hydroxylation is 1. The first-order valence-electron chi connectivity index (χ1n) is 6.60. The minimum Gasteiger partial charge on any atom is -0.384 e. The van der Waals surface area contributed by atoms with Crippen LogP contribution in [0.2, 0.25) is 10.0 Å². The van der Waals surface area contributed by atoms with Gasteiger partial charge in [-0.15, -0.1) is 0 Å². The molecular formula is C16H16Cl2N2O. The fourth-order valence-corrected chi connectivity index (χ4v) is 2.25. The molecule has 0 spiro atoms. The van der Waals surface area contributed by atoms with E-state index in [1.54, 1.807) is 24.3 Å². The Morgan fingerprint density at radius 2 is 1.86 bits per heavy atom. The van der Waals surface area contributed by atoms with Gasteiger partial charge < -0.3 is 10.6 Å². The van der Waals surface area contributed by atoms with E-state index in [4.69, 9.17) is 23.2 Å². The Bertz CT molecular complexity index is 644. The number of benzene rings is 2. The van der Waals surface area contributed by atoms with Crippen molar-refractivity contribution in [3.63, 3.8) is 0 Å². The molecular weight excluding hydrogens is 307 g/mol. The smallest absolute Gasteiger partial charge is 0.226 e. The Labute approximate surface area is 134 Å². The van der Waals surface area contributed by atoms with E-state index in [1.807, 2.05) is 25.1 Å². The Morgan fingerprint density at radius 3 is 2.62 bits per heavy atom. The molecule has 0 unspecified atom stereocenters. The fourth-order valence-electron chi connectivity index (χ4n) is 1.89. The lowest BCUT2D eigenvalue weighted by Gasteiger charge is -2.10. The SMILES string of the molecule is Cc1ccc(Cl)cc1NCCC(=O)Nc1cccc(Cl)c1. The second-order valence-corrected chi connectivity index (χ2v) is 5.57. The van der Waals surface area contributed by atoms with Crippen molar-refractivity contribution >= 4 is 40.5 Å². The van der Waals surface area contributed by atoms with E-state index < -0.39 is 0 Å². The lowest BCUT2D eigenvalue weighted by atomic mass is 10.2. The number of anilines is 2. The molecule has 3 nitrogen and oxygen atoms in total. The van der Waals surface area contributed by atoms with E-state index in [0.29, 0.717) is 28.7 Å². The van der Waals surface area contributed by atoms with Crippen LogP contribution < -0.4 is 10.6 Å². The number of carbonyl (C=O) groups excluding carboxylic acids is 1. The predicted octanol–water partition coefficient (Wildman–Crippen LogP) is 4.74. The van der Waals surface area contributed by atoms with Crippen molar-refractivity contribution < 1.29 is 4.79 Å². The van der Waals surface area contributed by atoms with Gasteiger partial charge in [0.25, 0.3) is 0 Å². The first-order chi connectivity index (χ1) is 10.0. The van der Waals surface area contributed by atoms with Gasteiger partial charge in [-0.1, -0.05) is 35.3 Å². The summed E-state index contributed by atoms with van der Waals surface area (Å²) in [6, 6.07) is 12.7. The summed E-state index contributed by atoms with van der Waals surface area (Å²) in [5.74, 6) is -0.0653. The number of nitrogens with one attached hydrogen (secondary N) is 2. The summed E-state index contributed by atoms with van der Waals surface area (Å²) in [4.78, 5) is 11.8. The third kappa shape index (κ3) is 4.96. The van der Waals surface area contributed by atoms with Crippen LogP contribution in [0.1, 0.15) is 12.0 Å². The lowest BCUT2D eigenvalue weighted by Crippen LogP contribution is -2.16. The zero-order valence-electron chi connectivity index (χ0n) is 11.6. The van der Waals surface area contributed by atoms with Crippen LogP contribution >= 0.6 is 23.2 Å². The lowest BCUT2D eigenvalue weighted by molar-refractivity contribution is -0.115. The van der Waals surface area contributed by atoms with Crippen LogP contribution in [-0.2, 0) is 4.79 Å². The van der Waals surface area contributed by atoms with Crippen molar-refractivity contribution in [2.45, 2.75) is 13.3 Å². The van der Waals surface area contributed by atoms with E-state index in [1.165, 1.54) is 0 Å². The number of carbonyl (C=O) groups is 1. The summed E-state index contributed by atoms with van der Waals surface area (Å²) >= 11 is 11.8. The van der Waals surface area contributed by atoms with Gasteiger partial charge in [0, 0.05) is 34.4 Å². The van der Waals surface area contributed by atoms with Crippen LogP contribution in [0.5, 0.6) is 0 Å². The van der Waals surface area contributed by atoms with Crippen LogP contribution in [0.15, 0.2) is 42.5 Å². The molecule has 0 aliphatic rings. The molecule has 0 aliphatic heterocycles. The van der Waals surface area contributed by atoms with Crippen molar-refractivity contribution in [2.75, 3.05) is 17.2 Å². The highest BCUT2D eigenvalue weighted by Gasteiger charge is 2.04. The van der Waals surface area contributed by atoms with Crippen molar-refractivity contribution in [2.24, 2.45) is 0 Å². The summed E-state index contributed by atoms with van der Waals surface area (Å²) in [6.45, 7) is 2.53. The quantitative estimate of drug-likeness (QED) is 0.834. The maximum atomic E-state index is 11.8. The Hall–Kier alpha value is -1.71. The monoisotopic (exact) mass is 322 g/mol. The van der Waals surface area contributed by atoms with Crippen LogP contribution in [-0.4, -0.2) is 12.5 Å². The van der Waals surface area contributed by atoms with Crippen LogP contribution in [0.4, 0.5) is 11.4 Å². The second-order valence-electron chi connectivity index (χ2n) is 4.69. The van der Waals surface area contributed by atoms with Crippen LogP contribution in [0, 0.1) is 6.92 Å². The molecule has 0 bridgehead atoms. The molecule has 0 radical (unpaired) electrons. The van der Waals surface area contributed by atoms with Crippen LogP contribution in [0.3, 0.4) is 0 Å². The number of rotatable bonds is 5. The first kappa shape index (κ1) is 15.7. The van der Waals surface area contributed by atoms with Gasteiger partial charge in [0.1, 0.15) is 0 Å². The van der Waals surface area contributed by atoms with Gasteiger partial charge >= 0.3 is 0 Å². The zero-order chi connectivity index (χ0) is 15.2. The Balaban J connectivity index is 1.83. The van der Waals surface area contributed by atoms with Gasteiger partial charge in [0.15, 0.2) is 0 Å². The molecule has 5 heteroatoms. The van der Waals surface area contributed by atoms with Crippen molar-refractivity contribution in [1.29, 1.82) is 0 Å². The molecule has 2 aromatic carbocycles. The van der Waals surface area contributed by atoms with Crippen molar-refractivity contribution in [3.8, 4) is 0 Å². The van der Waals surface area contributed by atoms with Gasteiger partial charge in [-0.25, -0.2) is 0 Å². The summed E-state index contributed by atoms with van der Waals surface area (Å²) in [6.07, 6.45) is 0.360. The molecule has 21 heavy (non-hydrogen) atoms. The average Bonchev–Trinajstić information content (AvgIpc) is 2.42. The van der Waals surface area contributed by atoms with E-state index >= 15 is 0 Å². The summed E-state index contributed by atoms with van der Waals surface area (Å²) in [7, 11) is 0. The average molecular weight is 323 g/mol. The molecule has 0 atom stereocenters. The molecule has 110 valence electrons. The van der Waals surface area contributed by atoms with E-state index in [-0.39, 0.29) is 5.91 Å². The van der Waals surface area contributed by atoms with Gasteiger partial charge in [0.05, 0.1) is 0 Å². The van der Waals surface area contributed by atoms with Gasteiger partial charge in [-0.2, -0.15) is 0 Å². The highest BCUT2D eigenvalue weighted by atomic mass is 35.5. The number of halogens is 2. The maximum Gasteiger partial charge on any atom is 0.226 e.